The van der Waals surface area contributed by atoms with Gasteiger partial charge in [-0.2, -0.15) is 0 Å². The minimum Gasteiger partial charge on any atom is -0.354 e. The average Bonchev–Trinajstić information content (AvgIpc) is 3.02. The van der Waals surface area contributed by atoms with E-state index in [1.807, 2.05) is 77.1 Å². The van der Waals surface area contributed by atoms with E-state index in [2.05, 4.69) is 5.32 Å². The summed E-state index contributed by atoms with van der Waals surface area (Å²) in [5.74, 6) is -0.737. The molecule has 1 N–H and O–H groups in total. The number of anilines is 1. The Morgan fingerprint density at radius 2 is 1.49 bits per heavy atom. The number of rotatable bonds is 13. The third-order valence-electron chi connectivity index (χ3n) is 7.82. The summed E-state index contributed by atoms with van der Waals surface area (Å²) in [5.41, 5.74) is 4.33. The van der Waals surface area contributed by atoms with E-state index in [9.17, 15) is 18.0 Å². The van der Waals surface area contributed by atoms with Gasteiger partial charge in [0.1, 0.15) is 12.6 Å². The summed E-state index contributed by atoms with van der Waals surface area (Å²) in [6.07, 6.45) is 0.204. The van der Waals surface area contributed by atoms with Crippen molar-refractivity contribution in [3.63, 3.8) is 0 Å². The van der Waals surface area contributed by atoms with Gasteiger partial charge >= 0.3 is 0 Å². The molecule has 0 bridgehead atoms. The fourth-order valence-corrected chi connectivity index (χ4v) is 7.19. The lowest BCUT2D eigenvalue weighted by atomic mass is 10.0. The summed E-state index contributed by atoms with van der Waals surface area (Å²) < 4.78 is 29.7. The second-order valence-electron chi connectivity index (χ2n) is 12.2. The highest BCUT2D eigenvalue weighted by Crippen LogP contribution is 2.29. The van der Waals surface area contributed by atoms with E-state index in [4.69, 9.17) is 23.2 Å². The van der Waals surface area contributed by atoms with Crippen LogP contribution in [0.1, 0.15) is 41.7 Å². The zero-order chi connectivity index (χ0) is 34.3. The Bertz CT molecular complexity index is 1810. The molecule has 47 heavy (non-hydrogen) atoms. The number of halogens is 2. The van der Waals surface area contributed by atoms with Gasteiger partial charge in [0.05, 0.1) is 10.6 Å². The van der Waals surface area contributed by atoms with Crippen LogP contribution >= 0.6 is 23.2 Å². The molecule has 0 aliphatic heterocycles. The molecule has 4 aromatic rings. The maximum atomic E-state index is 14.7. The Morgan fingerprint density at radius 1 is 0.830 bits per heavy atom. The van der Waals surface area contributed by atoms with Gasteiger partial charge in [0, 0.05) is 29.6 Å². The van der Waals surface area contributed by atoms with Crippen LogP contribution in [0.5, 0.6) is 0 Å². The van der Waals surface area contributed by atoms with Crippen LogP contribution in [0.15, 0.2) is 95.9 Å². The molecule has 7 nitrogen and oxygen atoms in total. The maximum Gasteiger partial charge on any atom is 0.264 e. The minimum absolute atomic E-state index is 0.0489. The van der Waals surface area contributed by atoms with Gasteiger partial charge in [-0.05, 0) is 73.7 Å². The van der Waals surface area contributed by atoms with Crippen molar-refractivity contribution in [1.29, 1.82) is 0 Å². The molecule has 0 spiro atoms. The normalized spacial score (nSPS) is 12.1. The van der Waals surface area contributed by atoms with Crippen LogP contribution in [-0.2, 0) is 32.6 Å². The lowest BCUT2D eigenvalue weighted by molar-refractivity contribution is -0.140. The summed E-state index contributed by atoms with van der Waals surface area (Å²) in [5, 5.41) is 3.75. The van der Waals surface area contributed by atoms with Gasteiger partial charge in [0.15, 0.2) is 0 Å². The van der Waals surface area contributed by atoms with E-state index in [0.717, 1.165) is 21.0 Å². The molecule has 1 atom stereocenters. The SMILES string of the molecule is Cc1ccc(S(=O)(=O)N(CC(=O)N(Cc2ccc(Cl)cc2Cl)[C@H](Cc2ccccc2)C(=O)NCC(C)C)c2ccc(C)cc2C)cc1. The third-order valence-corrected chi connectivity index (χ3v) is 10.2. The van der Waals surface area contributed by atoms with Crippen molar-refractivity contribution in [3.05, 3.63) is 129 Å². The molecule has 0 heterocycles. The first-order chi connectivity index (χ1) is 22.3. The predicted molar refractivity (Wildman–Crippen MR) is 190 cm³/mol. The predicted octanol–water partition coefficient (Wildman–Crippen LogP) is 7.53. The average molecular weight is 695 g/mol. The molecule has 0 unspecified atom stereocenters. The van der Waals surface area contributed by atoms with Crippen molar-refractivity contribution < 1.29 is 18.0 Å². The van der Waals surface area contributed by atoms with Crippen LogP contribution in [0.25, 0.3) is 0 Å². The number of sulfonamides is 1. The van der Waals surface area contributed by atoms with Crippen LogP contribution in [0.3, 0.4) is 0 Å². The van der Waals surface area contributed by atoms with Gasteiger partial charge in [0.25, 0.3) is 10.0 Å². The number of carbonyl (C=O) groups is 2. The summed E-state index contributed by atoms with van der Waals surface area (Å²) in [6, 6.07) is 25.3. The van der Waals surface area contributed by atoms with Gasteiger partial charge in [-0.15, -0.1) is 0 Å². The molecule has 0 aliphatic carbocycles. The zero-order valence-corrected chi connectivity index (χ0v) is 29.7. The number of hydrogen-bond acceptors (Lipinski definition) is 4. The topological polar surface area (TPSA) is 86.8 Å². The molecule has 0 fully saturated rings. The maximum absolute atomic E-state index is 14.7. The van der Waals surface area contributed by atoms with Gasteiger partial charge in [-0.3, -0.25) is 13.9 Å². The first kappa shape index (κ1) is 36.0. The molecule has 0 radical (unpaired) electrons. The number of carbonyl (C=O) groups excluding carboxylic acids is 2. The number of benzene rings is 4. The highest BCUT2D eigenvalue weighted by molar-refractivity contribution is 7.92. The monoisotopic (exact) mass is 693 g/mol. The molecule has 248 valence electrons. The molecule has 0 saturated heterocycles. The molecule has 2 amide bonds. The van der Waals surface area contributed by atoms with Crippen LogP contribution in [0.4, 0.5) is 5.69 Å². The van der Waals surface area contributed by atoms with E-state index in [0.29, 0.717) is 33.4 Å². The third kappa shape index (κ3) is 9.37. The summed E-state index contributed by atoms with van der Waals surface area (Å²) in [6.45, 7) is 9.39. The lowest BCUT2D eigenvalue weighted by Crippen LogP contribution is -2.53. The van der Waals surface area contributed by atoms with E-state index in [-0.39, 0.29) is 29.7 Å². The molecule has 4 rings (SSSR count). The number of amides is 2. The molecule has 10 heteroatoms. The summed E-state index contributed by atoms with van der Waals surface area (Å²) in [4.78, 5) is 30.1. The smallest absolute Gasteiger partial charge is 0.264 e. The van der Waals surface area contributed by atoms with Crippen molar-refractivity contribution in [2.75, 3.05) is 17.4 Å². The van der Waals surface area contributed by atoms with Crippen molar-refractivity contribution in [2.45, 2.75) is 58.5 Å². The quantitative estimate of drug-likeness (QED) is 0.157. The fourth-order valence-electron chi connectivity index (χ4n) is 5.25. The van der Waals surface area contributed by atoms with E-state index < -0.39 is 28.5 Å². The molecule has 0 saturated carbocycles. The first-order valence-electron chi connectivity index (χ1n) is 15.5. The summed E-state index contributed by atoms with van der Waals surface area (Å²) >= 11 is 12.8. The van der Waals surface area contributed by atoms with Crippen molar-refractivity contribution in [3.8, 4) is 0 Å². The number of aryl methyl sites for hydroxylation is 3. The van der Waals surface area contributed by atoms with Gasteiger partial charge < -0.3 is 10.2 Å². The lowest BCUT2D eigenvalue weighted by Gasteiger charge is -2.34. The van der Waals surface area contributed by atoms with Crippen molar-refractivity contribution >= 4 is 50.7 Å². The molecule has 4 aromatic carbocycles. The van der Waals surface area contributed by atoms with Crippen LogP contribution in [0.2, 0.25) is 10.0 Å². The van der Waals surface area contributed by atoms with Gasteiger partial charge in [-0.25, -0.2) is 8.42 Å². The Morgan fingerprint density at radius 3 is 2.11 bits per heavy atom. The minimum atomic E-state index is -4.21. The first-order valence-corrected chi connectivity index (χ1v) is 17.7. The standard InChI is InChI=1S/C37H41Cl2N3O4S/c1-25(2)22-40-37(44)35(20-29-9-7-6-8-10-29)41(23-30-14-15-31(38)21-33(30)39)36(43)24-42(34-18-13-27(4)19-28(34)5)47(45,46)32-16-11-26(3)12-17-32/h6-19,21,25,35H,20,22-24H2,1-5H3,(H,40,44)/t35-/m1/s1. The van der Waals surface area contributed by atoms with Crippen molar-refractivity contribution in [1.82, 2.24) is 10.2 Å². The highest BCUT2D eigenvalue weighted by atomic mass is 35.5. The molecule has 0 aliphatic rings. The van der Waals surface area contributed by atoms with Crippen LogP contribution in [-0.4, -0.2) is 44.3 Å². The number of hydrogen-bond donors (Lipinski definition) is 1. The number of nitrogens with zero attached hydrogens (tertiary/aromatic N) is 2. The largest absolute Gasteiger partial charge is 0.354 e. The molecule has 0 aromatic heterocycles. The number of nitrogens with one attached hydrogen (secondary N) is 1. The molecular weight excluding hydrogens is 653 g/mol. The fraction of sp³-hybridized carbons (Fsp3) is 0.297. The Kier molecular flexibility index (Phi) is 12.1. The van der Waals surface area contributed by atoms with Gasteiger partial charge in [-0.1, -0.05) is 109 Å². The van der Waals surface area contributed by atoms with E-state index >= 15 is 0 Å². The Labute approximate surface area is 288 Å². The Hall–Kier alpha value is -3.85. The second-order valence-corrected chi connectivity index (χ2v) is 14.9. The highest BCUT2D eigenvalue weighted by Gasteiger charge is 2.35. The van der Waals surface area contributed by atoms with Crippen molar-refractivity contribution in [2.24, 2.45) is 5.92 Å². The van der Waals surface area contributed by atoms with Gasteiger partial charge in [0.2, 0.25) is 11.8 Å². The Balaban J connectivity index is 1.84. The molecular formula is C37H41Cl2N3O4S. The van der Waals surface area contributed by atoms with Crippen LogP contribution < -0.4 is 9.62 Å². The summed E-state index contributed by atoms with van der Waals surface area (Å²) in [7, 11) is -4.21. The van der Waals surface area contributed by atoms with Crippen LogP contribution in [0, 0.1) is 26.7 Å². The van der Waals surface area contributed by atoms with E-state index in [1.165, 1.54) is 17.0 Å². The van der Waals surface area contributed by atoms with E-state index in [1.54, 1.807) is 36.4 Å². The zero-order valence-electron chi connectivity index (χ0n) is 27.3. The second kappa shape index (κ2) is 15.8.